The molecule has 0 radical (unpaired) electrons. The van der Waals surface area contributed by atoms with Crippen LogP contribution < -0.4 is 0 Å². The molecule has 0 aromatic heterocycles. The van der Waals surface area contributed by atoms with Gasteiger partial charge in [-0.25, -0.2) is 0 Å². The molecule has 27 heavy (non-hydrogen) atoms. The number of ether oxygens (including phenoxy) is 1. The van der Waals surface area contributed by atoms with E-state index in [-0.39, 0.29) is 22.2 Å². The zero-order valence-corrected chi connectivity index (χ0v) is 19.0. The fourth-order valence-corrected chi connectivity index (χ4v) is 3.33. The standard InChI is InChI=1S/C24H40O3/c1-10-13-24(8,9)16-27-20(25)12-11-17-14-18(22(2,3)4)21(26)19(15-17)23(5,6)7/h14-15,26H,10-13,16H2,1-9H3. The van der Waals surface area contributed by atoms with Crippen LogP contribution in [-0.4, -0.2) is 17.7 Å². The third kappa shape index (κ3) is 7.20. The second-order valence-electron chi connectivity index (χ2n) is 10.6. The van der Waals surface area contributed by atoms with Gasteiger partial charge in [-0.1, -0.05) is 80.9 Å². The third-order valence-electron chi connectivity index (χ3n) is 4.95. The lowest BCUT2D eigenvalue weighted by atomic mass is 9.78. The van der Waals surface area contributed by atoms with Gasteiger partial charge in [0.15, 0.2) is 0 Å². The van der Waals surface area contributed by atoms with Crippen molar-refractivity contribution >= 4 is 5.97 Å². The molecule has 0 heterocycles. The van der Waals surface area contributed by atoms with Gasteiger partial charge in [0.05, 0.1) is 6.61 Å². The normalized spacial score (nSPS) is 12.9. The van der Waals surface area contributed by atoms with Crippen LogP contribution in [0.4, 0.5) is 0 Å². The highest BCUT2D eigenvalue weighted by Crippen LogP contribution is 2.40. The average molecular weight is 377 g/mol. The lowest BCUT2D eigenvalue weighted by Crippen LogP contribution is -2.22. The highest BCUT2D eigenvalue weighted by atomic mass is 16.5. The van der Waals surface area contributed by atoms with Crippen molar-refractivity contribution in [2.75, 3.05) is 6.61 Å². The minimum atomic E-state index is -0.162. The van der Waals surface area contributed by atoms with Crippen molar-refractivity contribution in [2.45, 2.75) is 98.8 Å². The van der Waals surface area contributed by atoms with Crippen molar-refractivity contribution in [1.29, 1.82) is 0 Å². The first-order chi connectivity index (χ1) is 12.2. The molecule has 1 aromatic carbocycles. The Bertz CT molecular complexity index is 608. The molecule has 0 fully saturated rings. The van der Waals surface area contributed by atoms with Gasteiger partial charge in [0.1, 0.15) is 5.75 Å². The number of hydrogen-bond acceptors (Lipinski definition) is 3. The van der Waals surface area contributed by atoms with Crippen LogP contribution in [0.5, 0.6) is 5.75 Å². The monoisotopic (exact) mass is 376 g/mol. The second kappa shape index (κ2) is 8.67. The third-order valence-corrected chi connectivity index (χ3v) is 4.95. The molecule has 0 unspecified atom stereocenters. The number of carbonyl (C=O) groups excluding carboxylic acids is 1. The molecule has 0 aliphatic heterocycles. The van der Waals surface area contributed by atoms with Crippen molar-refractivity contribution in [3.63, 3.8) is 0 Å². The van der Waals surface area contributed by atoms with Crippen molar-refractivity contribution in [1.82, 2.24) is 0 Å². The van der Waals surface area contributed by atoms with E-state index in [1.54, 1.807) is 0 Å². The minimum absolute atomic E-state index is 0.0295. The molecule has 3 nitrogen and oxygen atoms in total. The van der Waals surface area contributed by atoms with E-state index in [1.165, 1.54) is 0 Å². The number of aromatic hydroxyl groups is 1. The van der Waals surface area contributed by atoms with Crippen molar-refractivity contribution in [3.8, 4) is 5.75 Å². The second-order valence-corrected chi connectivity index (χ2v) is 10.6. The zero-order chi connectivity index (χ0) is 21.0. The summed E-state index contributed by atoms with van der Waals surface area (Å²) in [6.45, 7) is 19.5. The number of benzene rings is 1. The summed E-state index contributed by atoms with van der Waals surface area (Å²) in [4.78, 5) is 12.2. The van der Waals surface area contributed by atoms with Crippen LogP contribution in [0.2, 0.25) is 0 Å². The van der Waals surface area contributed by atoms with E-state index in [2.05, 4.69) is 62.3 Å². The summed E-state index contributed by atoms with van der Waals surface area (Å²) in [5, 5.41) is 10.8. The van der Waals surface area contributed by atoms with Crippen LogP contribution in [0.25, 0.3) is 0 Å². The number of phenols is 1. The summed E-state index contributed by atoms with van der Waals surface area (Å²) in [5.41, 5.74) is 2.65. The summed E-state index contributed by atoms with van der Waals surface area (Å²) < 4.78 is 5.51. The molecule has 0 atom stereocenters. The van der Waals surface area contributed by atoms with Crippen molar-refractivity contribution < 1.29 is 14.6 Å². The van der Waals surface area contributed by atoms with Gasteiger partial charge in [-0.2, -0.15) is 0 Å². The fraction of sp³-hybridized carbons (Fsp3) is 0.708. The predicted octanol–water partition coefficient (Wildman–Crippen LogP) is 6.29. The molecule has 0 amide bonds. The lowest BCUT2D eigenvalue weighted by molar-refractivity contribution is -0.146. The molecule has 1 N–H and O–H groups in total. The molecule has 0 spiro atoms. The molecule has 154 valence electrons. The van der Waals surface area contributed by atoms with Crippen LogP contribution in [0.3, 0.4) is 0 Å². The number of phenolic OH excluding ortho intramolecular Hbond substituents is 1. The first-order valence-corrected chi connectivity index (χ1v) is 10.2. The van der Waals surface area contributed by atoms with Gasteiger partial charge in [0.25, 0.3) is 0 Å². The minimum Gasteiger partial charge on any atom is -0.507 e. The van der Waals surface area contributed by atoms with E-state index >= 15 is 0 Å². The summed E-state index contributed by atoms with van der Waals surface area (Å²) in [7, 11) is 0. The first-order valence-electron chi connectivity index (χ1n) is 10.2. The Morgan fingerprint density at radius 3 is 1.85 bits per heavy atom. The van der Waals surface area contributed by atoms with E-state index in [4.69, 9.17) is 4.74 Å². The number of carbonyl (C=O) groups is 1. The molecule has 1 aromatic rings. The van der Waals surface area contributed by atoms with E-state index in [9.17, 15) is 9.90 Å². The van der Waals surface area contributed by atoms with Gasteiger partial charge in [-0.05, 0) is 45.8 Å². The summed E-state index contributed by atoms with van der Waals surface area (Å²) in [6.07, 6.45) is 3.12. The first kappa shape index (κ1) is 23.5. The molecular weight excluding hydrogens is 336 g/mol. The highest BCUT2D eigenvalue weighted by Gasteiger charge is 2.26. The molecular formula is C24H40O3. The van der Waals surface area contributed by atoms with Crippen LogP contribution in [0.15, 0.2) is 12.1 Å². The van der Waals surface area contributed by atoms with Gasteiger partial charge < -0.3 is 9.84 Å². The Morgan fingerprint density at radius 1 is 0.963 bits per heavy atom. The van der Waals surface area contributed by atoms with Crippen LogP contribution in [0.1, 0.15) is 98.3 Å². The number of esters is 1. The van der Waals surface area contributed by atoms with Crippen molar-refractivity contribution in [3.05, 3.63) is 28.8 Å². The number of aryl methyl sites for hydroxylation is 1. The molecule has 3 heteroatoms. The molecule has 0 aliphatic rings. The van der Waals surface area contributed by atoms with Gasteiger partial charge in [0, 0.05) is 6.42 Å². The Kier molecular flexibility index (Phi) is 7.55. The summed E-state index contributed by atoms with van der Waals surface area (Å²) in [5.74, 6) is 0.226. The van der Waals surface area contributed by atoms with E-state index < -0.39 is 0 Å². The maximum absolute atomic E-state index is 12.2. The molecule has 0 saturated carbocycles. The summed E-state index contributed by atoms with van der Waals surface area (Å²) in [6, 6.07) is 4.08. The fourth-order valence-electron chi connectivity index (χ4n) is 3.33. The lowest BCUT2D eigenvalue weighted by Gasteiger charge is -2.28. The topological polar surface area (TPSA) is 46.5 Å². The SMILES string of the molecule is CCCC(C)(C)COC(=O)CCc1cc(C(C)(C)C)c(O)c(C(C)(C)C)c1. The Hall–Kier alpha value is -1.51. The Morgan fingerprint density at radius 2 is 1.44 bits per heavy atom. The maximum Gasteiger partial charge on any atom is 0.306 e. The predicted molar refractivity (Wildman–Crippen MR) is 113 cm³/mol. The Labute approximate surface area is 166 Å². The van der Waals surface area contributed by atoms with Crippen LogP contribution >= 0.6 is 0 Å². The van der Waals surface area contributed by atoms with Crippen molar-refractivity contribution in [2.24, 2.45) is 5.41 Å². The van der Waals surface area contributed by atoms with Gasteiger partial charge in [-0.15, -0.1) is 0 Å². The van der Waals surface area contributed by atoms with E-state index in [0.29, 0.717) is 25.2 Å². The summed E-state index contributed by atoms with van der Waals surface area (Å²) >= 11 is 0. The average Bonchev–Trinajstić information content (AvgIpc) is 2.49. The molecule has 0 aliphatic carbocycles. The number of hydrogen-bond donors (Lipinski definition) is 1. The largest absolute Gasteiger partial charge is 0.507 e. The quantitative estimate of drug-likeness (QED) is 0.569. The van der Waals surface area contributed by atoms with Crippen LogP contribution in [0, 0.1) is 5.41 Å². The van der Waals surface area contributed by atoms with E-state index in [0.717, 1.165) is 29.5 Å². The Balaban J connectivity index is 2.93. The van der Waals surface area contributed by atoms with Gasteiger partial charge in [-0.3, -0.25) is 4.79 Å². The van der Waals surface area contributed by atoms with Gasteiger partial charge >= 0.3 is 5.97 Å². The van der Waals surface area contributed by atoms with E-state index in [1.807, 2.05) is 12.1 Å². The highest BCUT2D eigenvalue weighted by molar-refractivity contribution is 5.69. The molecule has 0 bridgehead atoms. The molecule has 1 rings (SSSR count). The maximum atomic E-state index is 12.2. The zero-order valence-electron chi connectivity index (χ0n) is 19.0. The smallest absolute Gasteiger partial charge is 0.306 e. The number of rotatable bonds is 7. The molecule has 0 saturated heterocycles. The van der Waals surface area contributed by atoms with Crippen LogP contribution in [-0.2, 0) is 26.8 Å². The van der Waals surface area contributed by atoms with Gasteiger partial charge in [0.2, 0.25) is 0 Å².